The van der Waals surface area contributed by atoms with E-state index in [0.717, 1.165) is 37.8 Å². The molecular formula is C33H40Cl2FN5O3. The predicted octanol–water partition coefficient (Wildman–Crippen LogP) is 5.06. The Hall–Kier alpha value is -2.72. The van der Waals surface area contributed by atoms with Crippen LogP contribution in [-0.2, 0) is 27.3 Å². The van der Waals surface area contributed by atoms with Gasteiger partial charge in [-0.25, -0.2) is 4.39 Å². The Balaban J connectivity index is 1.16. The van der Waals surface area contributed by atoms with Crippen LogP contribution in [0.15, 0.2) is 36.4 Å². The van der Waals surface area contributed by atoms with Crippen LogP contribution in [0.3, 0.4) is 0 Å². The van der Waals surface area contributed by atoms with E-state index in [-0.39, 0.29) is 57.9 Å². The van der Waals surface area contributed by atoms with E-state index in [1.54, 1.807) is 0 Å². The van der Waals surface area contributed by atoms with E-state index in [2.05, 4.69) is 22.0 Å². The Bertz CT molecular complexity index is 1430. The summed E-state index contributed by atoms with van der Waals surface area (Å²) in [6.07, 6.45) is 7.43. The molecule has 236 valence electrons. The van der Waals surface area contributed by atoms with Crippen molar-refractivity contribution in [1.82, 2.24) is 20.4 Å². The molecule has 2 saturated heterocycles. The summed E-state index contributed by atoms with van der Waals surface area (Å²) in [5.74, 6) is -1.10. The lowest BCUT2D eigenvalue weighted by Gasteiger charge is -2.46. The fraction of sp³-hybridized carbons (Fsp3) is 0.545. The Morgan fingerprint density at radius 1 is 0.932 bits per heavy atom. The van der Waals surface area contributed by atoms with Crippen molar-refractivity contribution < 1.29 is 18.8 Å². The SMILES string of the molecule is O=C(CCC(=O)N1CCCC12CCC2)N1Cc2ccccc2CC1CNC1(C(=O)Nc2ccc(Cl)c(Cl)c2F)CCNCC1. The molecule has 1 saturated carbocycles. The first-order valence-corrected chi connectivity index (χ1v) is 16.5. The Kier molecular flexibility index (Phi) is 9.20. The van der Waals surface area contributed by atoms with E-state index < -0.39 is 11.4 Å². The molecule has 2 aromatic rings. The number of fused-ring (bicyclic) bond motifs is 1. The van der Waals surface area contributed by atoms with Gasteiger partial charge in [-0.1, -0.05) is 47.5 Å². The lowest BCUT2D eigenvalue weighted by atomic mass is 9.75. The Morgan fingerprint density at radius 3 is 2.36 bits per heavy atom. The van der Waals surface area contributed by atoms with Crippen molar-refractivity contribution in [2.75, 3.05) is 31.5 Å². The third-order valence-electron chi connectivity index (χ3n) is 10.3. The van der Waals surface area contributed by atoms with Crippen LogP contribution < -0.4 is 16.0 Å². The second-order valence-electron chi connectivity index (χ2n) is 12.8. The molecule has 1 atom stereocenters. The van der Waals surface area contributed by atoms with Crippen molar-refractivity contribution in [3.63, 3.8) is 0 Å². The van der Waals surface area contributed by atoms with Gasteiger partial charge in [-0.3, -0.25) is 14.4 Å². The molecule has 11 heteroatoms. The van der Waals surface area contributed by atoms with Gasteiger partial charge in [0.05, 0.1) is 15.7 Å². The van der Waals surface area contributed by atoms with E-state index in [1.807, 2.05) is 28.0 Å². The highest BCUT2D eigenvalue weighted by Crippen LogP contribution is 2.45. The van der Waals surface area contributed by atoms with Crippen molar-refractivity contribution in [3.05, 3.63) is 63.4 Å². The molecule has 8 nitrogen and oxygen atoms in total. The maximum atomic E-state index is 14.8. The summed E-state index contributed by atoms with van der Waals surface area (Å²) in [6, 6.07) is 10.8. The van der Waals surface area contributed by atoms with Gasteiger partial charge in [-0.2, -0.15) is 0 Å². The number of rotatable bonds is 8. The van der Waals surface area contributed by atoms with Crippen LogP contribution in [0.25, 0.3) is 0 Å². The molecule has 3 aliphatic heterocycles. The van der Waals surface area contributed by atoms with Gasteiger partial charge in [0.2, 0.25) is 17.7 Å². The van der Waals surface area contributed by atoms with Crippen molar-refractivity contribution in [3.8, 4) is 0 Å². The molecule has 6 rings (SSSR count). The number of carbonyl (C=O) groups is 3. The molecule has 44 heavy (non-hydrogen) atoms. The summed E-state index contributed by atoms with van der Waals surface area (Å²) < 4.78 is 14.8. The molecular weight excluding hydrogens is 604 g/mol. The molecule has 0 bridgehead atoms. The third kappa shape index (κ3) is 6.08. The first-order valence-electron chi connectivity index (χ1n) is 15.8. The minimum absolute atomic E-state index is 0.0288. The number of nitrogens with one attached hydrogen (secondary N) is 3. The smallest absolute Gasteiger partial charge is 0.244 e. The Labute approximate surface area is 268 Å². The average molecular weight is 645 g/mol. The molecule has 1 aliphatic carbocycles. The molecule has 4 aliphatic rings. The molecule has 3 fully saturated rings. The molecule has 3 heterocycles. The highest BCUT2D eigenvalue weighted by molar-refractivity contribution is 6.42. The fourth-order valence-corrected chi connectivity index (χ4v) is 7.81. The number of anilines is 1. The lowest BCUT2D eigenvalue weighted by Crippen LogP contribution is -2.62. The zero-order valence-corrected chi connectivity index (χ0v) is 26.4. The van der Waals surface area contributed by atoms with Gasteiger partial charge in [-0.15, -0.1) is 0 Å². The third-order valence-corrected chi connectivity index (χ3v) is 11.0. The van der Waals surface area contributed by atoms with Crippen molar-refractivity contribution in [2.24, 2.45) is 0 Å². The first-order chi connectivity index (χ1) is 21.2. The van der Waals surface area contributed by atoms with Gasteiger partial charge in [0.15, 0.2) is 5.82 Å². The van der Waals surface area contributed by atoms with E-state index in [4.69, 9.17) is 23.2 Å². The minimum atomic E-state index is -0.974. The lowest BCUT2D eigenvalue weighted by molar-refractivity contribution is -0.143. The van der Waals surface area contributed by atoms with Crippen LogP contribution in [-0.4, -0.2) is 70.8 Å². The number of likely N-dealkylation sites (tertiary alicyclic amines) is 1. The van der Waals surface area contributed by atoms with Gasteiger partial charge >= 0.3 is 0 Å². The Morgan fingerprint density at radius 2 is 1.64 bits per heavy atom. The van der Waals surface area contributed by atoms with Gasteiger partial charge in [0.1, 0.15) is 5.54 Å². The second-order valence-corrected chi connectivity index (χ2v) is 13.6. The van der Waals surface area contributed by atoms with Gasteiger partial charge in [-0.05, 0) is 87.7 Å². The normalized spacial score (nSPS) is 21.9. The zero-order valence-electron chi connectivity index (χ0n) is 24.9. The van der Waals surface area contributed by atoms with Crippen LogP contribution in [0.5, 0.6) is 0 Å². The highest BCUT2D eigenvalue weighted by Gasteiger charge is 2.47. The number of hydrogen-bond acceptors (Lipinski definition) is 5. The first kappa shape index (κ1) is 31.3. The minimum Gasteiger partial charge on any atom is -0.337 e. The van der Waals surface area contributed by atoms with Crippen LogP contribution >= 0.6 is 23.2 Å². The molecule has 2 aromatic carbocycles. The van der Waals surface area contributed by atoms with Crippen LogP contribution in [0.2, 0.25) is 10.0 Å². The van der Waals surface area contributed by atoms with Crippen LogP contribution in [0.4, 0.5) is 10.1 Å². The zero-order chi connectivity index (χ0) is 30.9. The number of carbonyl (C=O) groups excluding carboxylic acids is 3. The summed E-state index contributed by atoms with van der Waals surface area (Å²) in [5.41, 5.74) is 1.31. The summed E-state index contributed by atoms with van der Waals surface area (Å²) >= 11 is 11.9. The van der Waals surface area contributed by atoms with Gasteiger partial charge in [0, 0.05) is 44.1 Å². The number of nitrogens with zero attached hydrogens (tertiary/aromatic N) is 2. The quantitative estimate of drug-likeness (QED) is 0.350. The van der Waals surface area contributed by atoms with E-state index in [0.29, 0.717) is 45.4 Å². The maximum Gasteiger partial charge on any atom is 0.244 e. The second kappa shape index (κ2) is 12.9. The predicted molar refractivity (Wildman–Crippen MR) is 169 cm³/mol. The number of benzene rings is 2. The summed E-state index contributed by atoms with van der Waals surface area (Å²) in [7, 11) is 0. The molecule has 1 spiro atoms. The van der Waals surface area contributed by atoms with E-state index in [1.165, 1.54) is 24.1 Å². The van der Waals surface area contributed by atoms with Crippen LogP contribution in [0.1, 0.15) is 68.9 Å². The number of piperidine rings is 1. The van der Waals surface area contributed by atoms with Crippen LogP contribution in [0, 0.1) is 5.82 Å². The molecule has 3 N–H and O–H groups in total. The van der Waals surface area contributed by atoms with Crippen molar-refractivity contribution >= 4 is 46.6 Å². The summed E-state index contributed by atoms with van der Waals surface area (Å²) in [5, 5.41) is 9.38. The molecule has 0 aromatic heterocycles. The monoisotopic (exact) mass is 643 g/mol. The largest absolute Gasteiger partial charge is 0.337 e. The number of amides is 3. The molecule has 1 unspecified atom stereocenters. The number of halogens is 3. The number of hydrogen-bond donors (Lipinski definition) is 3. The average Bonchev–Trinajstić information content (AvgIpc) is 3.49. The van der Waals surface area contributed by atoms with Gasteiger partial charge < -0.3 is 25.8 Å². The fourth-order valence-electron chi connectivity index (χ4n) is 7.50. The molecule has 3 amide bonds. The topological polar surface area (TPSA) is 93.8 Å². The van der Waals surface area contributed by atoms with Crippen molar-refractivity contribution in [2.45, 2.75) is 87.9 Å². The van der Waals surface area contributed by atoms with E-state index >= 15 is 0 Å². The summed E-state index contributed by atoms with van der Waals surface area (Å²) in [4.78, 5) is 44.7. The summed E-state index contributed by atoms with van der Waals surface area (Å²) in [6.45, 7) is 2.85. The maximum absolute atomic E-state index is 14.8. The van der Waals surface area contributed by atoms with E-state index in [9.17, 15) is 18.8 Å². The standard InChI is InChI=1S/C33H40Cl2FN5O3/c34-25-7-8-26(30(36)29(25)35)39-31(44)33(14-16-37-17-15-33)38-20-24-19-22-5-1-2-6-23(22)21-40(24)27(42)9-10-28(43)41-18-4-13-32(41)11-3-12-32/h1-2,5-8,24,37-38H,3-4,9-21H2,(H,39,44). The van der Waals surface area contributed by atoms with Gasteiger partial charge in [0.25, 0.3) is 0 Å². The van der Waals surface area contributed by atoms with Crippen molar-refractivity contribution in [1.29, 1.82) is 0 Å². The molecule has 0 radical (unpaired) electrons. The highest BCUT2D eigenvalue weighted by atomic mass is 35.5.